The molecule has 0 aliphatic rings. The van der Waals surface area contributed by atoms with E-state index in [4.69, 9.17) is 5.26 Å². The van der Waals surface area contributed by atoms with Gasteiger partial charge >= 0.3 is 6.18 Å². The van der Waals surface area contributed by atoms with Crippen LogP contribution in [0.5, 0.6) is 0 Å². The lowest BCUT2D eigenvalue weighted by molar-refractivity contribution is -0.137. The Hall–Kier alpha value is -3.21. The lowest BCUT2D eigenvalue weighted by atomic mass is 9.99. The zero-order valence-electron chi connectivity index (χ0n) is 13.1. The SMILES string of the molecule is CCc1cc(-c2ccc(C(F)(F)F)cn2)cc(-c2nn[nH]c2C#N)c1. The number of aromatic nitrogens is 4. The lowest BCUT2D eigenvalue weighted by Crippen LogP contribution is -2.05. The predicted molar refractivity (Wildman–Crippen MR) is 84.1 cm³/mol. The highest BCUT2D eigenvalue weighted by Gasteiger charge is 2.30. The summed E-state index contributed by atoms with van der Waals surface area (Å²) < 4.78 is 38.1. The summed E-state index contributed by atoms with van der Waals surface area (Å²) in [7, 11) is 0. The fourth-order valence-corrected chi connectivity index (χ4v) is 2.42. The van der Waals surface area contributed by atoms with Crippen LogP contribution in [0.4, 0.5) is 13.2 Å². The highest BCUT2D eigenvalue weighted by molar-refractivity contribution is 5.72. The van der Waals surface area contributed by atoms with Crippen LogP contribution in [-0.4, -0.2) is 20.4 Å². The van der Waals surface area contributed by atoms with E-state index in [-0.39, 0.29) is 5.69 Å². The fourth-order valence-electron chi connectivity index (χ4n) is 2.42. The molecule has 1 aromatic carbocycles. The maximum atomic E-state index is 12.7. The van der Waals surface area contributed by atoms with E-state index >= 15 is 0 Å². The molecule has 0 saturated heterocycles. The number of nitrogens with zero attached hydrogens (tertiary/aromatic N) is 4. The Morgan fingerprint density at radius 2 is 1.92 bits per heavy atom. The summed E-state index contributed by atoms with van der Waals surface area (Å²) in [4.78, 5) is 3.93. The molecule has 2 heterocycles. The minimum Gasteiger partial charge on any atom is -0.256 e. The molecule has 0 atom stereocenters. The number of benzene rings is 1. The molecular formula is C17H12F3N5. The first kappa shape index (κ1) is 16.6. The van der Waals surface area contributed by atoms with Gasteiger partial charge in [-0.3, -0.25) is 4.98 Å². The Bertz CT molecular complexity index is 936. The van der Waals surface area contributed by atoms with Crippen LogP contribution in [0.2, 0.25) is 0 Å². The summed E-state index contributed by atoms with van der Waals surface area (Å²) >= 11 is 0. The van der Waals surface area contributed by atoms with E-state index in [0.29, 0.717) is 28.9 Å². The Kier molecular flexibility index (Phi) is 4.23. The number of hydrogen-bond acceptors (Lipinski definition) is 4. The van der Waals surface area contributed by atoms with E-state index in [9.17, 15) is 13.2 Å². The topological polar surface area (TPSA) is 78.2 Å². The van der Waals surface area contributed by atoms with Crippen molar-refractivity contribution in [2.24, 2.45) is 0 Å². The van der Waals surface area contributed by atoms with Crippen molar-refractivity contribution in [2.75, 3.05) is 0 Å². The van der Waals surface area contributed by atoms with Gasteiger partial charge in [0.05, 0.1) is 11.3 Å². The highest BCUT2D eigenvalue weighted by Crippen LogP contribution is 2.31. The van der Waals surface area contributed by atoms with Crippen molar-refractivity contribution in [3.05, 3.63) is 53.3 Å². The summed E-state index contributed by atoms with van der Waals surface area (Å²) in [6.45, 7) is 1.96. The molecule has 0 aliphatic heterocycles. The first-order valence-corrected chi connectivity index (χ1v) is 7.41. The van der Waals surface area contributed by atoms with Crippen LogP contribution in [0, 0.1) is 11.3 Å². The quantitative estimate of drug-likeness (QED) is 0.780. The van der Waals surface area contributed by atoms with E-state index in [1.165, 1.54) is 6.07 Å². The largest absolute Gasteiger partial charge is 0.417 e. The van der Waals surface area contributed by atoms with Crippen LogP contribution in [0.15, 0.2) is 36.5 Å². The van der Waals surface area contributed by atoms with Gasteiger partial charge in [-0.1, -0.05) is 12.1 Å². The van der Waals surface area contributed by atoms with E-state index < -0.39 is 11.7 Å². The summed E-state index contributed by atoms with van der Waals surface area (Å²) in [5.74, 6) is 0. The van der Waals surface area contributed by atoms with Crippen LogP contribution in [0.3, 0.4) is 0 Å². The molecule has 1 N–H and O–H groups in total. The first-order valence-electron chi connectivity index (χ1n) is 7.41. The molecule has 0 spiro atoms. The number of nitrogens with one attached hydrogen (secondary N) is 1. The third kappa shape index (κ3) is 3.35. The van der Waals surface area contributed by atoms with Crippen molar-refractivity contribution in [2.45, 2.75) is 19.5 Å². The average molecular weight is 343 g/mol. The van der Waals surface area contributed by atoms with Crippen LogP contribution in [-0.2, 0) is 12.6 Å². The molecular weight excluding hydrogens is 331 g/mol. The van der Waals surface area contributed by atoms with Crippen LogP contribution < -0.4 is 0 Å². The summed E-state index contributed by atoms with van der Waals surface area (Å²) in [6, 6.07) is 9.75. The second kappa shape index (κ2) is 6.36. The third-order valence-corrected chi connectivity index (χ3v) is 3.72. The summed E-state index contributed by atoms with van der Waals surface area (Å²) in [5, 5.41) is 19.2. The molecule has 0 saturated carbocycles. The van der Waals surface area contributed by atoms with Crippen molar-refractivity contribution in [1.29, 1.82) is 5.26 Å². The second-order valence-corrected chi connectivity index (χ2v) is 5.35. The third-order valence-electron chi connectivity index (χ3n) is 3.72. The number of pyridine rings is 1. The van der Waals surface area contributed by atoms with E-state index in [2.05, 4.69) is 20.4 Å². The minimum absolute atomic E-state index is 0.222. The number of rotatable bonds is 3. The van der Waals surface area contributed by atoms with Gasteiger partial charge in [0.2, 0.25) is 0 Å². The predicted octanol–water partition coefficient (Wildman–Crippen LogP) is 3.99. The number of aryl methyl sites for hydroxylation is 1. The van der Waals surface area contributed by atoms with Gasteiger partial charge in [0.25, 0.3) is 0 Å². The molecule has 3 aromatic rings. The molecule has 0 aliphatic carbocycles. The molecule has 0 fully saturated rings. The molecule has 0 unspecified atom stereocenters. The maximum absolute atomic E-state index is 12.7. The van der Waals surface area contributed by atoms with Gasteiger partial charge < -0.3 is 0 Å². The van der Waals surface area contributed by atoms with E-state index in [1.807, 2.05) is 25.1 Å². The van der Waals surface area contributed by atoms with Gasteiger partial charge in [0.15, 0.2) is 5.69 Å². The molecule has 0 radical (unpaired) electrons. The molecule has 3 rings (SSSR count). The van der Waals surface area contributed by atoms with Crippen molar-refractivity contribution in [3.63, 3.8) is 0 Å². The average Bonchev–Trinajstić information content (AvgIpc) is 3.09. The van der Waals surface area contributed by atoms with Crippen LogP contribution >= 0.6 is 0 Å². The molecule has 0 bridgehead atoms. The Labute approximate surface area is 141 Å². The second-order valence-electron chi connectivity index (χ2n) is 5.35. The van der Waals surface area contributed by atoms with Crippen LogP contribution in [0.1, 0.15) is 23.7 Å². The number of alkyl halides is 3. The van der Waals surface area contributed by atoms with Crippen molar-refractivity contribution in [3.8, 4) is 28.6 Å². The molecule has 5 nitrogen and oxygen atoms in total. The highest BCUT2D eigenvalue weighted by atomic mass is 19.4. The van der Waals surface area contributed by atoms with E-state index in [0.717, 1.165) is 17.8 Å². The van der Waals surface area contributed by atoms with Crippen molar-refractivity contribution in [1.82, 2.24) is 20.4 Å². The Morgan fingerprint density at radius 3 is 2.52 bits per heavy atom. The lowest BCUT2D eigenvalue weighted by Gasteiger charge is -2.09. The monoisotopic (exact) mass is 343 g/mol. The number of hydrogen-bond donors (Lipinski definition) is 1. The molecule has 0 amide bonds. The van der Waals surface area contributed by atoms with Gasteiger partial charge in [0.1, 0.15) is 11.8 Å². The van der Waals surface area contributed by atoms with E-state index in [1.54, 1.807) is 6.07 Å². The minimum atomic E-state index is -4.43. The van der Waals surface area contributed by atoms with Crippen molar-refractivity contribution < 1.29 is 13.2 Å². The molecule has 8 heteroatoms. The summed E-state index contributed by atoms with van der Waals surface area (Å²) in [5.41, 5.74) is 2.47. The number of aromatic amines is 1. The molecule has 2 aromatic heterocycles. The van der Waals surface area contributed by atoms with Gasteiger partial charge in [-0.05, 0) is 42.3 Å². The fraction of sp³-hybridized carbons (Fsp3) is 0.176. The molecule has 126 valence electrons. The normalized spacial score (nSPS) is 11.3. The Balaban J connectivity index is 2.08. The number of nitriles is 1. The Morgan fingerprint density at radius 1 is 1.16 bits per heavy atom. The summed E-state index contributed by atoms with van der Waals surface area (Å²) in [6.07, 6.45) is -2.91. The van der Waals surface area contributed by atoms with Crippen LogP contribution in [0.25, 0.3) is 22.5 Å². The van der Waals surface area contributed by atoms with Gasteiger partial charge in [-0.15, -0.1) is 5.10 Å². The standard InChI is InChI=1S/C17H12F3N5/c1-2-10-5-11(14-4-3-13(9-22-14)17(18,19)20)7-12(6-10)16-15(8-21)23-25-24-16/h3-7,9H,2H2,1H3,(H,23,24,25). The smallest absolute Gasteiger partial charge is 0.256 e. The van der Waals surface area contributed by atoms with Gasteiger partial charge in [0, 0.05) is 17.3 Å². The first-order chi connectivity index (χ1) is 11.9. The number of halogens is 3. The zero-order valence-corrected chi connectivity index (χ0v) is 13.1. The molecule has 25 heavy (non-hydrogen) atoms. The number of H-pyrrole nitrogens is 1. The maximum Gasteiger partial charge on any atom is 0.417 e. The van der Waals surface area contributed by atoms with Crippen molar-refractivity contribution >= 4 is 0 Å². The van der Waals surface area contributed by atoms with Gasteiger partial charge in [-0.2, -0.15) is 18.4 Å². The van der Waals surface area contributed by atoms with Gasteiger partial charge in [-0.25, -0.2) is 5.10 Å². The zero-order chi connectivity index (χ0) is 18.0.